The van der Waals surface area contributed by atoms with E-state index >= 15 is 0 Å². The van der Waals surface area contributed by atoms with E-state index in [1.807, 2.05) is 0 Å². The summed E-state index contributed by atoms with van der Waals surface area (Å²) in [6, 6.07) is 0. The quantitative estimate of drug-likeness (QED) is 0.249. The molecule has 0 N–H and O–H groups in total. The van der Waals surface area contributed by atoms with E-state index in [-0.39, 0.29) is 0 Å². The Labute approximate surface area is 149 Å². The van der Waals surface area contributed by atoms with Crippen molar-refractivity contribution in [3.63, 3.8) is 0 Å². The van der Waals surface area contributed by atoms with E-state index in [9.17, 15) is 0 Å². The summed E-state index contributed by atoms with van der Waals surface area (Å²) in [5.41, 5.74) is 0. The number of unbranched alkanes of at least 4 members (excludes halogenated alkanes) is 5. The second-order valence-corrected chi connectivity index (χ2v) is 8.64. The Hall–Kier alpha value is 0. The maximum atomic E-state index is 2.47. The van der Waals surface area contributed by atoms with Gasteiger partial charge < -0.3 is 0 Å². The summed E-state index contributed by atoms with van der Waals surface area (Å²) in [4.78, 5) is 0. The van der Waals surface area contributed by atoms with Gasteiger partial charge in [-0.1, -0.05) is 125 Å². The first-order valence-corrected chi connectivity index (χ1v) is 11.0. The van der Waals surface area contributed by atoms with Gasteiger partial charge in [-0.3, -0.25) is 0 Å². The molecule has 0 heterocycles. The molecule has 0 rings (SSSR count). The molecule has 2 unspecified atom stereocenters. The molecule has 0 aliphatic carbocycles. The molecule has 0 nitrogen and oxygen atoms in total. The van der Waals surface area contributed by atoms with Crippen molar-refractivity contribution in [1.29, 1.82) is 0 Å². The van der Waals surface area contributed by atoms with Gasteiger partial charge in [0.05, 0.1) is 0 Å². The number of hydrogen-bond donors (Lipinski definition) is 0. The predicted octanol–water partition coefficient (Wildman–Crippen LogP) is 8.64. The van der Waals surface area contributed by atoms with Crippen molar-refractivity contribution in [3.05, 3.63) is 0 Å². The topological polar surface area (TPSA) is 0 Å². The Kier molecular flexibility index (Phi) is 15.5. The Balaban J connectivity index is 3.35. The van der Waals surface area contributed by atoms with Crippen LogP contribution in [-0.4, -0.2) is 0 Å². The monoisotopic (exact) mass is 324 g/mol. The molecule has 0 aliphatic rings. The lowest BCUT2D eigenvalue weighted by molar-refractivity contribution is 0.371. The average molecular weight is 325 g/mol. The molecular weight excluding hydrogens is 276 g/mol. The average Bonchev–Trinajstić information content (AvgIpc) is 2.53. The normalized spacial score (nSPS) is 14.6. The SMILES string of the molecule is CCC(CC)CCCCC(C)CCCCCCCC(C)C(C)C. The van der Waals surface area contributed by atoms with Gasteiger partial charge in [-0.15, -0.1) is 0 Å². The zero-order valence-electron chi connectivity index (χ0n) is 17.5. The smallest absolute Gasteiger partial charge is 0.0420 e. The largest absolute Gasteiger partial charge is 0.0651 e. The first-order valence-electron chi connectivity index (χ1n) is 11.0. The van der Waals surface area contributed by atoms with Crippen LogP contribution in [-0.2, 0) is 0 Å². The van der Waals surface area contributed by atoms with Crippen LogP contribution in [0.25, 0.3) is 0 Å². The Morgan fingerprint density at radius 3 is 1.48 bits per heavy atom. The standard InChI is InChI=1S/C23H48/c1-7-23(8-2)19-15-14-17-21(5)16-12-10-9-11-13-18-22(6)20(3)4/h20-23H,7-19H2,1-6H3. The van der Waals surface area contributed by atoms with Gasteiger partial charge >= 0.3 is 0 Å². The van der Waals surface area contributed by atoms with Gasteiger partial charge in [0.1, 0.15) is 0 Å². The highest BCUT2D eigenvalue weighted by Crippen LogP contribution is 2.22. The molecule has 0 aromatic carbocycles. The molecule has 0 fully saturated rings. The van der Waals surface area contributed by atoms with Crippen LogP contribution in [0.2, 0.25) is 0 Å². The Morgan fingerprint density at radius 1 is 0.522 bits per heavy atom. The maximum absolute atomic E-state index is 2.47. The molecule has 23 heavy (non-hydrogen) atoms. The number of hydrogen-bond acceptors (Lipinski definition) is 0. The van der Waals surface area contributed by atoms with E-state index in [2.05, 4.69) is 41.5 Å². The van der Waals surface area contributed by atoms with E-state index in [4.69, 9.17) is 0 Å². The van der Waals surface area contributed by atoms with Crippen LogP contribution in [0.4, 0.5) is 0 Å². The van der Waals surface area contributed by atoms with Crippen LogP contribution in [0.5, 0.6) is 0 Å². The van der Waals surface area contributed by atoms with Crippen LogP contribution < -0.4 is 0 Å². The molecule has 0 saturated carbocycles. The van der Waals surface area contributed by atoms with Gasteiger partial charge in [-0.05, 0) is 23.7 Å². The zero-order chi connectivity index (χ0) is 17.5. The van der Waals surface area contributed by atoms with Crippen molar-refractivity contribution >= 4 is 0 Å². The summed E-state index contributed by atoms with van der Waals surface area (Å²) in [6.45, 7) is 14.3. The minimum atomic E-state index is 0.862. The van der Waals surface area contributed by atoms with Crippen molar-refractivity contribution < 1.29 is 0 Å². The van der Waals surface area contributed by atoms with Crippen molar-refractivity contribution in [1.82, 2.24) is 0 Å². The molecule has 0 radical (unpaired) electrons. The fourth-order valence-corrected chi connectivity index (χ4v) is 3.59. The number of rotatable bonds is 16. The van der Waals surface area contributed by atoms with Gasteiger partial charge in [0.25, 0.3) is 0 Å². The van der Waals surface area contributed by atoms with E-state index in [0.717, 1.165) is 23.7 Å². The molecule has 140 valence electrons. The van der Waals surface area contributed by atoms with Crippen molar-refractivity contribution in [3.8, 4) is 0 Å². The lowest BCUT2D eigenvalue weighted by atomic mass is 9.91. The van der Waals surface area contributed by atoms with Crippen LogP contribution in [0.15, 0.2) is 0 Å². The summed E-state index contributed by atoms with van der Waals surface area (Å²) < 4.78 is 0. The van der Waals surface area contributed by atoms with Gasteiger partial charge in [0.15, 0.2) is 0 Å². The van der Waals surface area contributed by atoms with E-state index in [0.29, 0.717) is 0 Å². The van der Waals surface area contributed by atoms with Crippen molar-refractivity contribution in [2.75, 3.05) is 0 Å². The molecule has 0 amide bonds. The third-order valence-corrected chi connectivity index (χ3v) is 6.21. The molecule has 0 aromatic heterocycles. The fourth-order valence-electron chi connectivity index (χ4n) is 3.59. The van der Waals surface area contributed by atoms with Gasteiger partial charge in [0.2, 0.25) is 0 Å². The van der Waals surface area contributed by atoms with Crippen LogP contribution in [0.1, 0.15) is 125 Å². The highest BCUT2D eigenvalue weighted by atomic mass is 14.1. The zero-order valence-corrected chi connectivity index (χ0v) is 17.5. The second kappa shape index (κ2) is 15.5. The summed E-state index contributed by atoms with van der Waals surface area (Å²) in [6.07, 6.45) is 18.8. The molecular formula is C23H48. The minimum absolute atomic E-state index is 0.862. The van der Waals surface area contributed by atoms with Crippen LogP contribution >= 0.6 is 0 Å². The third-order valence-electron chi connectivity index (χ3n) is 6.21. The highest BCUT2D eigenvalue weighted by molar-refractivity contribution is 4.60. The van der Waals surface area contributed by atoms with E-state index < -0.39 is 0 Å². The van der Waals surface area contributed by atoms with E-state index in [1.165, 1.54) is 83.5 Å². The molecule has 0 bridgehead atoms. The molecule has 2 atom stereocenters. The maximum Gasteiger partial charge on any atom is -0.0420 e. The minimum Gasteiger partial charge on any atom is -0.0651 e. The molecule has 0 spiro atoms. The van der Waals surface area contributed by atoms with Gasteiger partial charge in [0, 0.05) is 0 Å². The third kappa shape index (κ3) is 14.1. The highest BCUT2D eigenvalue weighted by Gasteiger charge is 2.07. The first-order chi connectivity index (χ1) is 11.0. The van der Waals surface area contributed by atoms with Gasteiger partial charge in [-0.2, -0.15) is 0 Å². The van der Waals surface area contributed by atoms with E-state index in [1.54, 1.807) is 0 Å². The summed E-state index contributed by atoms with van der Waals surface area (Å²) in [7, 11) is 0. The summed E-state index contributed by atoms with van der Waals surface area (Å²) in [5, 5.41) is 0. The van der Waals surface area contributed by atoms with Crippen molar-refractivity contribution in [2.45, 2.75) is 125 Å². The molecule has 0 saturated heterocycles. The van der Waals surface area contributed by atoms with Crippen LogP contribution in [0, 0.1) is 23.7 Å². The Morgan fingerprint density at radius 2 is 0.957 bits per heavy atom. The lowest BCUT2D eigenvalue weighted by Gasteiger charge is -2.15. The molecule has 0 aliphatic heterocycles. The first kappa shape index (κ1) is 23.0. The van der Waals surface area contributed by atoms with Crippen molar-refractivity contribution in [2.24, 2.45) is 23.7 Å². The Bertz CT molecular complexity index is 226. The molecule has 0 heteroatoms. The van der Waals surface area contributed by atoms with Crippen LogP contribution in [0.3, 0.4) is 0 Å². The molecule has 0 aromatic rings. The predicted molar refractivity (Wildman–Crippen MR) is 108 cm³/mol. The lowest BCUT2D eigenvalue weighted by Crippen LogP contribution is -2.03. The second-order valence-electron chi connectivity index (χ2n) is 8.64. The van der Waals surface area contributed by atoms with Gasteiger partial charge in [-0.25, -0.2) is 0 Å². The summed E-state index contributed by atoms with van der Waals surface area (Å²) >= 11 is 0. The summed E-state index contributed by atoms with van der Waals surface area (Å²) in [5.74, 6) is 3.72. The fraction of sp³-hybridized carbons (Fsp3) is 1.00.